The van der Waals surface area contributed by atoms with Crippen molar-refractivity contribution < 1.29 is 9.59 Å². The lowest BCUT2D eigenvalue weighted by atomic mass is 9.77. The van der Waals surface area contributed by atoms with Gasteiger partial charge in [0, 0.05) is 16.7 Å². The fourth-order valence-corrected chi connectivity index (χ4v) is 1.87. The molecule has 0 fully saturated rings. The Kier molecular flexibility index (Phi) is 2.30. The number of fused-ring (bicyclic) bond motifs is 1. The minimum Gasteiger partial charge on any atom is -0.289 e. The molecule has 0 saturated heterocycles. The van der Waals surface area contributed by atoms with Gasteiger partial charge < -0.3 is 0 Å². The predicted molar refractivity (Wildman–Crippen MR) is 62.6 cm³/mol. The van der Waals surface area contributed by atoms with Crippen molar-refractivity contribution in [2.24, 2.45) is 5.41 Å². The van der Waals surface area contributed by atoms with Crippen LogP contribution < -0.4 is 0 Å². The Labute approximate surface area is 95.0 Å². The molecular weight excluding hydrogens is 200 g/mol. The fraction of sp³-hybridized carbons (Fsp3) is 0.286. The van der Waals surface area contributed by atoms with Crippen LogP contribution >= 0.6 is 0 Å². The van der Waals surface area contributed by atoms with Crippen LogP contribution in [-0.2, 0) is 0 Å². The first-order valence-corrected chi connectivity index (χ1v) is 5.31. The first kappa shape index (κ1) is 10.8. The summed E-state index contributed by atoms with van der Waals surface area (Å²) in [4.78, 5) is 24.0. The third kappa shape index (κ3) is 1.60. The Morgan fingerprint density at radius 1 is 0.938 bits per heavy atom. The summed E-state index contributed by atoms with van der Waals surface area (Å²) >= 11 is 0. The quantitative estimate of drug-likeness (QED) is 0.665. The topological polar surface area (TPSA) is 34.1 Å². The number of carbonyl (C=O) groups excluding carboxylic acids is 2. The zero-order valence-corrected chi connectivity index (χ0v) is 9.70. The van der Waals surface area contributed by atoms with E-state index in [0.29, 0.717) is 16.7 Å². The van der Waals surface area contributed by atoms with Crippen LogP contribution in [0.15, 0.2) is 35.9 Å². The van der Waals surface area contributed by atoms with Gasteiger partial charge in [-0.25, -0.2) is 0 Å². The molecule has 16 heavy (non-hydrogen) atoms. The second-order valence-electron chi connectivity index (χ2n) is 5.05. The number of carbonyl (C=O) groups is 2. The van der Waals surface area contributed by atoms with Crippen molar-refractivity contribution in [3.05, 3.63) is 47.0 Å². The summed E-state index contributed by atoms with van der Waals surface area (Å²) in [5.74, 6) is -0.0946. The molecule has 0 radical (unpaired) electrons. The van der Waals surface area contributed by atoms with Crippen molar-refractivity contribution in [1.82, 2.24) is 0 Å². The summed E-state index contributed by atoms with van der Waals surface area (Å²) in [6.45, 7) is 5.83. The van der Waals surface area contributed by atoms with E-state index in [4.69, 9.17) is 0 Å². The lowest BCUT2D eigenvalue weighted by molar-refractivity contribution is 0.0967. The van der Waals surface area contributed by atoms with Crippen molar-refractivity contribution in [3.63, 3.8) is 0 Å². The third-order valence-electron chi connectivity index (χ3n) is 2.77. The van der Waals surface area contributed by atoms with Gasteiger partial charge in [-0.3, -0.25) is 9.59 Å². The van der Waals surface area contributed by atoms with Crippen LogP contribution in [0.4, 0.5) is 0 Å². The maximum Gasteiger partial charge on any atom is 0.190 e. The molecule has 2 heteroatoms. The van der Waals surface area contributed by atoms with Gasteiger partial charge in [0.25, 0.3) is 0 Å². The Morgan fingerprint density at radius 2 is 1.50 bits per heavy atom. The molecule has 1 aliphatic rings. The van der Waals surface area contributed by atoms with E-state index in [1.807, 2.05) is 20.8 Å². The van der Waals surface area contributed by atoms with Crippen LogP contribution in [-0.4, -0.2) is 11.6 Å². The number of rotatable bonds is 0. The molecule has 0 heterocycles. The van der Waals surface area contributed by atoms with Crippen LogP contribution in [0.3, 0.4) is 0 Å². The number of hydrogen-bond acceptors (Lipinski definition) is 2. The minimum atomic E-state index is -0.291. The maximum absolute atomic E-state index is 12.2. The van der Waals surface area contributed by atoms with Crippen LogP contribution in [0.5, 0.6) is 0 Å². The number of benzene rings is 1. The summed E-state index contributed by atoms with van der Waals surface area (Å²) in [6.07, 6.45) is 1.48. The molecule has 0 aliphatic heterocycles. The smallest absolute Gasteiger partial charge is 0.190 e. The molecule has 0 amide bonds. The van der Waals surface area contributed by atoms with Gasteiger partial charge in [0.2, 0.25) is 0 Å². The van der Waals surface area contributed by atoms with E-state index in [9.17, 15) is 9.59 Å². The van der Waals surface area contributed by atoms with Crippen LogP contribution in [0.25, 0.3) is 0 Å². The summed E-state index contributed by atoms with van der Waals surface area (Å²) in [6, 6.07) is 6.98. The van der Waals surface area contributed by atoms with E-state index in [2.05, 4.69) is 0 Å². The molecule has 2 nitrogen and oxygen atoms in total. The van der Waals surface area contributed by atoms with Gasteiger partial charge in [-0.05, 0) is 11.5 Å². The molecule has 82 valence electrons. The monoisotopic (exact) mass is 214 g/mol. The van der Waals surface area contributed by atoms with Gasteiger partial charge in [-0.2, -0.15) is 0 Å². The highest BCUT2D eigenvalue weighted by atomic mass is 16.1. The Hall–Kier alpha value is -1.70. The normalized spacial score (nSPS) is 15.8. The van der Waals surface area contributed by atoms with E-state index in [1.165, 1.54) is 6.08 Å². The van der Waals surface area contributed by atoms with E-state index in [0.717, 1.165) is 0 Å². The van der Waals surface area contributed by atoms with Crippen LogP contribution in [0, 0.1) is 5.41 Å². The van der Waals surface area contributed by atoms with Crippen molar-refractivity contribution in [1.29, 1.82) is 0 Å². The summed E-state index contributed by atoms with van der Waals surface area (Å²) in [5, 5.41) is 0. The molecule has 0 bridgehead atoms. The van der Waals surface area contributed by atoms with E-state index in [1.54, 1.807) is 24.3 Å². The van der Waals surface area contributed by atoms with Gasteiger partial charge in [-0.1, -0.05) is 45.0 Å². The van der Waals surface area contributed by atoms with E-state index >= 15 is 0 Å². The first-order chi connectivity index (χ1) is 7.41. The summed E-state index contributed by atoms with van der Waals surface area (Å²) in [7, 11) is 0. The van der Waals surface area contributed by atoms with Gasteiger partial charge in [0.1, 0.15) is 0 Å². The Bertz CT molecular complexity index is 502. The molecule has 2 rings (SSSR count). The Balaban J connectivity index is 2.61. The molecular formula is C14H14O2. The van der Waals surface area contributed by atoms with E-state index in [-0.39, 0.29) is 17.0 Å². The zero-order valence-electron chi connectivity index (χ0n) is 9.70. The molecule has 1 aromatic rings. The lowest BCUT2D eigenvalue weighted by Gasteiger charge is -2.25. The Morgan fingerprint density at radius 3 is 2.06 bits per heavy atom. The average Bonchev–Trinajstić information content (AvgIpc) is 2.22. The van der Waals surface area contributed by atoms with Crippen molar-refractivity contribution in [2.45, 2.75) is 20.8 Å². The SMILES string of the molecule is CC(C)(C)C1=CC(=O)c2ccccc2C1=O. The predicted octanol–water partition coefficient (Wildman–Crippen LogP) is 3.04. The van der Waals surface area contributed by atoms with Crippen molar-refractivity contribution in [3.8, 4) is 0 Å². The second kappa shape index (κ2) is 3.41. The molecule has 0 saturated carbocycles. The highest BCUT2D eigenvalue weighted by Crippen LogP contribution is 2.32. The van der Waals surface area contributed by atoms with Crippen LogP contribution in [0.2, 0.25) is 0 Å². The van der Waals surface area contributed by atoms with Crippen LogP contribution in [0.1, 0.15) is 41.5 Å². The van der Waals surface area contributed by atoms with Crippen molar-refractivity contribution >= 4 is 11.6 Å². The summed E-state index contributed by atoms with van der Waals surface area (Å²) < 4.78 is 0. The lowest BCUT2D eigenvalue weighted by Crippen LogP contribution is -2.25. The summed E-state index contributed by atoms with van der Waals surface area (Å²) in [5.41, 5.74) is 1.34. The second-order valence-corrected chi connectivity index (χ2v) is 5.05. The largest absolute Gasteiger partial charge is 0.289 e. The van der Waals surface area contributed by atoms with Gasteiger partial charge in [0.05, 0.1) is 0 Å². The fourth-order valence-electron chi connectivity index (χ4n) is 1.87. The molecule has 0 unspecified atom stereocenters. The minimum absolute atomic E-state index is 0.0253. The molecule has 0 atom stereocenters. The maximum atomic E-state index is 12.2. The number of ketones is 2. The van der Waals surface area contributed by atoms with Gasteiger partial charge in [0.15, 0.2) is 11.6 Å². The molecule has 0 N–H and O–H groups in total. The first-order valence-electron chi connectivity index (χ1n) is 5.31. The van der Waals surface area contributed by atoms with Gasteiger partial charge in [-0.15, -0.1) is 0 Å². The standard InChI is InChI=1S/C14H14O2/c1-14(2,3)11-8-12(15)9-6-4-5-7-10(9)13(11)16/h4-8H,1-3H3. The highest BCUT2D eigenvalue weighted by molar-refractivity contribution is 6.24. The van der Waals surface area contributed by atoms with Gasteiger partial charge >= 0.3 is 0 Å². The molecule has 1 aliphatic carbocycles. The van der Waals surface area contributed by atoms with Crippen molar-refractivity contribution in [2.75, 3.05) is 0 Å². The molecule has 0 aromatic heterocycles. The molecule has 1 aromatic carbocycles. The highest BCUT2D eigenvalue weighted by Gasteiger charge is 2.31. The number of hydrogen-bond donors (Lipinski definition) is 0. The van der Waals surface area contributed by atoms with E-state index < -0.39 is 0 Å². The number of allylic oxidation sites excluding steroid dienone is 2. The third-order valence-corrected chi connectivity index (χ3v) is 2.77. The zero-order chi connectivity index (χ0) is 11.9. The molecule has 0 spiro atoms. The average molecular weight is 214 g/mol. The number of Topliss-reactive ketones (excluding diaryl/α,β-unsaturated/α-hetero) is 1.